The molecule has 1 unspecified atom stereocenters. The van der Waals surface area contributed by atoms with Gasteiger partial charge in [0.1, 0.15) is 0 Å². The molecule has 10 heavy (non-hydrogen) atoms. The summed E-state index contributed by atoms with van der Waals surface area (Å²) in [5, 5.41) is 0.149. The highest BCUT2D eigenvalue weighted by Crippen LogP contribution is 2.34. The molecule has 1 aliphatic rings. The van der Waals surface area contributed by atoms with Gasteiger partial charge in [0.2, 0.25) is 0 Å². The van der Waals surface area contributed by atoms with Gasteiger partial charge in [-0.15, -0.1) is 11.6 Å². The zero-order valence-corrected chi connectivity index (χ0v) is 6.31. The van der Waals surface area contributed by atoms with Crippen LogP contribution in [-0.2, 0) is 6.42 Å². The Balaban J connectivity index is 2.51. The summed E-state index contributed by atoms with van der Waals surface area (Å²) in [6.45, 7) is 0. The molecule has 0 nitrogen and oxygen atoms in total. The summed E-state index contributed by atoms with van der Waals surface area (Å²) in [7, 11) is 0. The Morgan fingerprint density at radius 1 is 1.30 bits per heavy atom. The van der Waals surface area contributed by atoms with Crippen molar-refractivity contribution in [2.24, 2.45) is 0 Å². The van der Waals surface area contributed by atoms with Crippen molar-refractivity contribution in [3.8, 4) is 0 Å². The maximum Gasteiger partial charge on any atom is 0.0622 e. The number of rotatable bonds is 0. The van der Waals surface area contributed by atoms with Gasteiger partial charge in [-0.1, -0.05) is 24.3 Å². The molecular weight excluding hydrogens is 144 g/mol. The van der Waals surface area contributed by atoms with Gasteiger partial charge in [0.25, 0.3) is 0 Å². The first-order chi connectivity index (χ1) is 4.88. The topological polar surface area (TPSA) is 0 Å². The standard InChI is InChI=1S/C9H8Cl/c10-9-6-5-7-3-1-2-4-8(7)9/h1-4,6,9H,5H2. The smallest absolute Gasteiger partial charge is 0.0622 e. The van der Waals surface area contributed by atoms with E-state index in [1.54, 1.807) is 0 Å². The molecule has 0 fully saturated rings. The van der Waals surface area contributed by atoms with E-state index >= 15 is 0 Å². The van der Waals surface area contributed by atoms with Crippen molar-refractivity contribution in [2.75, 3.05) is 0 Å². The minimum atomic E-state index is 0.149. The largest absolute Gasteiger partial charge is 0.117 e. The van der Waals surface area contributed by atoms with Crippen LogP contribution in [0.2, 0.25) is 0 Å². The zero-order valence-electron chi connectivity index (χ0n) is 5.55. The molecule has 1 heteroatoms. The molecule has 0 amide bonds. The van der Waals surface area contributed by atoms with Crippen LogP contribution in [-0.4, -0.2) is 0 Å². The fourth-order valence-corrected chi connectivity index (χ4v) is 1.65. The Kier molecular flexibility index (Phi) is 1.42. The Morgan fingerprint density at radius 2 is 2.10 bits per heavy atom. The van der Waals surface area contributed by atoms with Crippen LogP contribution < -0.4 is 0 Å². The monoisotopic (exact) mass is 151 g/mol. The van der Waals surface area contributed by atoms with E-state index in [1.807, 2.05) is 6.07 Å². The second-order valence-corrected chi connectivity index (χ2v) is 3.01. The second-order valence-electron chi connectivity index (χ2n) is 2.54. The van der Waals surface area contributed by atoms with Gasteiger partial charge in [-0.2, -0.15) is 0 Å². The average Bonchev–Trinajstić information content (AvgIpc) is 2.34. The van der Waals surface area contributed by atoms with Gasteiger partial charge < -0.3 is 0 Å². The molecule has 0 spiro atoms. The van der Waals surface area contributed by atoms with Crippen LogP contribution >= 0.6 is 11.6 Å². The Bertz CT molecular complexity index is 242. The van der Waals surface area contributed by atoms with Crippen LogP contribution in [0.5, 0.6) is 0 Å². The second kappa shape index (κ2) is 2.28. The summed E-state index contributed by atoms with van der Waals surface area (Å²) in [6, 6.07) is 8.32. The average molecular weight is 152 g/mol. The van der Waals surface area contributed by atoms with Gasteiger partial charge in [-0.3, -0.25) is 0 Å². The van der Waals surface area contributed by atoms with Gasteiger partial charge in [-0.05, 0) is 24.0 Å². The third kappa shape index (κ3) is 0.836. The first kappa shape index (κ1) is 6.23. The van der Waals surface area contributed by atoms with Crippen molar-refractivity contribution >= 4 is 11.6 Å². The quantitative estimate of drug-likeness (QED) is 0.501. The third-order valence-electron chi connectivity index (χ3n) is 1.90. The van der Waals surface area contributed by atoms with E-state index in [2.05, 4.69) is 24.6 Å². The van der Waals surface area contributed by atoms with Gasteiger partial charge in [-0.25, -0.2) is 0 Å². The molecule has 0 heterocycles. The first-order valence-corrected chi connectivity index (χ1v) is 3.87. The number of alkyl halides is 1. The molecule has 1 aliphatic carbocycles. The zero-order chi connectivity index (χ0) is 6.97. The maximum absolute atomic E-state index is 5.99. The highest BCUT2D eigenvalue weighted by molar-refractivity contribution is 6.22. The molecule has 2 rings (SSSR count). The minimum Gasteiger partial charge on any atom is -0.117 e. The lowest BCUT2D eigenvalue weighted by atomic mass is 10.1. The van der Waals surface area contributed by atoms with Gasteiger partial charge in [0.15, 0.2) is 0 Å². The van der Waals surface area contributed by atoms with Crippen LogP contribution in [0, 0.1) is 6.42 Å². The number of hydrogen-bond donors (Lipinski definition) is 0. The van der Waals surface area contributed by atoms with E-state index in [-0.39, 0.29) is 5.38 Å². The molecule has 1 radical (unpaired) electrons. The van der Waals surface area contributed by atoms with Gasteiger partial charge in [0, 0.05) is 0 Å². The number of benzene rings is 1. The number of halogens is 1. The van der Waals surface area contributed by atoms with Crippen LogP contribution in [0.15, 0.2) is 24.3 Å². The van der Waals surface area contributed by atoms with E-state index in [0.29, 0.717) is 0 Å². The van der Waals surface area contributed by atoms with Crippen LogP contribution in [0.25, 0.3) is 0 Å². The molecule has 0 saturated heterocycles. The normalized spacial score (nSPS) is 22.7. The first-order valence-electron chi connectivity index (χ1n) is 3.43. The number of hydrogen-bond acceptors (Lipinski definition) is 0. The van der Waals surface area contributed by atoms with E-state index in [4.69, 9.17) is 11.6 Å². The molecule has 1 aromatic carbocycles. The summed E-state index contributed by atoms with van der Waals surface area (Å²) in [5.41, 5.74) is 2.66. The molecule has 0 saturated carbocycles. The van der Waals surface area contributed by atoms with E-state index < -0.39 is 0 Å². The lowest BCUT2D eigenvalue weighted by molar-refractivity contribution is 1.13. The van der Waals surface area contributed by atoms with Crippen molar-refractivity contribution < 1.29 is 0 Å². The lowest BCUT2D eigenvalue weighted by Gasteiger charge is -1.99. The summed E-state index contributed by atoms with van der Waals surface area (Å²) in [4.78, 5) is 0. The predicted molar refractivity (Wildman–Crippen MR) is 43.0 cm³/mol. The molecule has 51 valence electrons. The van der Waals surface area contributed by atoms with E-state index in [9.17, 15) is 0 Å². The summed E-state index contributed by atoms with van der Waals surface area (Å²) < 4.78 is 0. The molecule has 1 aromatic rings. The molecule has 0 bridgehead atoms. The highest BCUT2D eigenvalue weighted by atomic mass is 35.5. The van der Waals surface area contributed by atoms with Crippen LogP contribution in [0.1, 0.15) is 16.5 Å². The lowest BCUT2D eigenvalue weighted by Crippen LogP contribution is -1.80. The van der Waals surface area contributed by atoms with Crippen LogP contribution in [0.3, 0.4) is 0 Å². The third-order valence-corrected chi connectivity index (χ3v) is 2.31. The molecule has 0 N–H and O–H groups in total. The number of fused-ring (bicyclic) bond motifs is 1. The SMILES string of the molecule is ClC1[CH]Cc2ccccc21. The predicted octanol–water partition coefficient (Wildman–Crippen LogP) is 2.73. The van der Waals surface area contributed by atoms with E-state index in [0.717, 1.165) is 6.42 Å². The summed E-state index contributed by atoms with van der Waals surface area (Å²) in [5.74, 6) is 0. The molecule has 0 aromatic heterocycles. The molecular formula is C9H8Cl. The van der Waals surface area contributed by atoms with Crippen molar-refractivity contribution in [1.29, 1.82) is 0 Å². The van der Waals surface area contributed by atoms with Crippen molar-refractivity contribution in [1.82, 2.24) is 0 Å². The minimum absolute atomic E-state index is 0.149. The van der Waals surface area contributed by atoms with Crippen molar-refractivity contribution in [2.45, 2.75) is 11.8 Å². The summed E-state index contributed by atoms with van der Waals surface area (Å²) in [6.07, 6.45) is 3.16. The van der Waals surface area contributed by atoms with Gasteiger partial charge >= 0.3 is 0 Å². The fourth-order valence-electron chi connectivity index (χ4n) is 1.35. The fraction of sp³-hybridized carbons (Fsp3) is 0.222. The van der Waals surface area contributed by atoms with Crippen LogP contribution in [0.4, 0.5) is 0 Å². The highest BCUT2D eigenvalue weighted by Gasteiger charge is 2.18. The van der Waals surface area contributed by atoms with Crippen molar-refractivity contribution in [3.05, 3.63) is 41.8 Å². The molecule has 0 aliphatic heterocycles. The Morgan fingerprint density at radius 3 is 2.90 bits per heavy atom. The van der Waals surface area contributed by atoms with E-state index in [1.165, 1.54) is 11.1 Å². The maximum atomic E-state index is 5.99. The Labute approximate surface area is 65.8 Å². The molecule has 1 atom stereocenters. The Hall–Kier alpha value is -0.490. The van der Waals surface area contributed by atoms with Gasteiger partial charge in [0.05, 0.1) is 5.38 Å². The summed E-state index contributed by atoms with van der Waals surface area (Å²) >= 11 is 5.99. The van der Waals surface area contributed by atoms with Crippen molar-refractivity contribution in [3.63, 3.8) is 0 Å².